The van der Waals surface area contributed by atoms with Crippen molar-refractivity contribution in [1.29, 1.82) is 0 Å². The van der Waals surface area contributed by atoms with E-state index in [2.05, 4.69) is 21.0 Å². The van der Waals surface area contributed by atoms with E-state index in [0.29, 0.717) is 11.4 Å². The standard InChI is InChI=1S/C16H20N6O3/c1-11(22-7-3-6-19-22)16(25)21-13-5-2-4-12(8-13)20-15(24)10-18-14(23)9-17/h2-8,11H,9-10,17H2,1H3,(H,18,23)(H,20,24)(H,21,25). The molecule has 1 unspecified atom stereocenters. The minimum absolute atomic E-state index is 0.177. The van der Waals surface area contributed by atoms with E-state index < -0.39 is 17.9 Å². The van der Waals surface area contributed by atoms with Crippen LogP contribution >= 0.6 is 0 Å². The Bertz CT molecular complexity index is 744. The Morgan fingerprint density at radius 1 is 1.16 bits per heavy atom. The van der Waals surface area contributed by atoms with Gasteiger partial charge in [-0.1, -0.05) is 6.07 Å². The van der Waals surface area contributed by atoms with Gasteiger partial charge in [0.15, 0.2) is 0 Å². The minimum Gasteiger partial charge on any atom is -0.346 e. The topological polar surface area (TPSA) is 131 Å². The van der Waals surface area contributed by atoms with E-state index in [9.17, 15) is 14.4 Å². The molecule has 0 radical (unpaired) electrons. The molecule has 1 aromatic carbocycles. The molecule has 1 heterocycles. The van der Waals surface area contributed by atoms with Gasteiger partial charge in [0, 0.05) is 23.8 Å². The van der Waals surface area contributed by atoms with E-state index in [-0.39, 0.29) is 19.0 Å². The zero-order chi connectivity index (χ0) is 18.2. The van der Waals surface area contributed by atoms with Gasteiger partial charge in [-0.15, -0.1) is 0 Å². The molecule has 0 aliphatic carbocycles. The molecular weight excluding hydrogens is 324 g/mol. The first-order chi connectivity index (χ1) is 12.0. The van der Waals surface area contributed by atoms with Crippen molar-refractivity contribution in [3.8, 4) is 0 Å². The Morgan fingerprint density at radius 3 is 2.52 bits per heavy atom. The molecule has 0 saturated carbocycles. The summed E-state index contributed by atoms with van der Waals surface area (Å²) < 4.78 is 1.54. The normalized spacial score (nSPS) is 11.4. The van der Waals surface area contributed by atoms with E-state index in [1.807, 2.05) is 0 Å². The predicted molar refractivity (Wildman–Crippen MR) is 92.7 cm³/mol. The summed E-state index contributed by atoms with van der Waals surface area (Å²) in [5.74, 6) is -1.04. The van der Waals surface area contributed by atoms with E-state index in [1.165, 1.54) is 0 Å². The van der Waals surface area contributed by atoms with E-state index in [1.54, 1.807) is 54.3 Å². The van der Waals surface area contributed by atoms with E-state index in [0.717, 1.165) is 0 Å². The molecule has 9 heteroatoms. The maximum atomic E-state index is 12.2. The molecule has 0 aliphatic heterocycles. The van der Waals surface area contributed by atoms with Gasteiger partial charge in [0.25, 0.3) is 0 Å². The van der Waals surface area contributed by atoms with Crippen molar-refractivity contribution in [2.75, 3.05) is 23.7 Å². The predicted octanol–water partition coefficient (Wildman–Crippen LogP) is 0.0962. The van der Waals surface area contributed by atoms with E-state index >= 15 is 0 Å². The lowest BCUT2D eigenvalue weighted by molar-refractivity contribution is -0.123. The Labute approximate surface area is 144 Å². The molecule has 0 saturated heterocycles. The second kappa shape index (κ2) is 8.60. The summed E-state index contributed by atoms with van der Waals surface area (Å²) in [6.07, 6.45) is 3.31. The van der Waals surface area contributed by atoms with Crippen LogP contribution in [0.1, 0.15) is 13.0 Å². The minimum atomic E-state index is -0.472. The molecule has 1 aromatic heterocycles. The zero-order valence-electron chi connectivity index (χ0n) is 13.7. The Balaban J connectivity index is 1.93. The SMILES string of the molecule is CC(C(=O)Nc1cccc(NC(=O)CNC(=O)CN)c1)n1cccn1. The molecule has 0 fully saturated rings. The Hall–Kier alpha value is -3.20. The number of anilines is 2. The fourth-order valence-corrected chi connectivity index (χ4v) is 2.01. The van der Waals surface area contributed by atoms with Gasteiger partial charge in [0.05, 0.1) is 13.1 Å². The van der Waals surface area contributed by atoms with Gasteiger partial charge in [-0.2, -0.15) is 5.10 Å². The summed E-state index contributed by atoms with van der Waals surface area (Å²) in [6, 6.07) is 7.97. The number of hydrogen-bond donors (Lipinski definition) is 4. The van der Waals surface area contributed by atoms with Gasteiger partial charge in [0.1, 0.15) is 6.04 Å². The van der Waals surface area contributed by atoms with Gasteiger partial charge in [-0.25, -0.2) is 0 Å². The number of nitrogens with one attached hydrogen (secondary N) is 3. The first-order valence-electron chi connectivity index (χ1n) is 7.66. The molecular formula is C16H20N6O3. The number of nitrogens with zero attached hydrogens (tertiary/aromatic N) is 2. The molecule has 0 bridgehead atoms. The number of amides is 3. The Kier molecular flexibility index (Phi) is 6.24. The largest absolute Gasteiger partial charge is 0.346 e. The smallest absolute Gasteiger partial charge is 0.248 e. The number of hydrogen-bond acceptors (Lipinski definition) is 5. The molecule has 0 spiro atoms. The zero-order valence-corrected chi connectivity index (χ0v) is 13.7. The highest BCUT2D eigenvalue weighted by molar-refractivity contribution is 5.97. The first-order valence-corrected chi connectivity index (χ1v) is 7.66. The maximum absolute atomic E-state index is 12.2. The second-order valence-corrected chi connectivity index (χ2v) is 5.26. The third-order valence-electron chi connectivity index (χ3n) is 3.35. The van der Waals surface area contributed by atoms with Crippen molar-refractivity contribution in [3.05, 3.63) is 42.7 Å². The summed E-state index contributed by atoms with van der Waals surface area (Å²) in [7, 11) is 0. The quantitative estimate of drug-likeness (QED) is 0.565. The highest BCUT2D eigenvalue weighted by Crippen LogP contribution is 2.16. The number of aromatic nitrogens is 2. The first kappa shape index (κ1) is 18.1. The lowest BCUT2D eigenvalue weighted by Gasteiger charge is -2.13. The number of nitrogens with two attached hydrogens (primary N) is 1. The molecule has 25 heavy (non-hydrogen) atoms. The van der Waals surface area contributed by atoms with Crippen LogP contribution in [-0.4, -0.2) is 40.6 Å². The van der Waals surface area contributed by atoms with Crippen molar-refractivity contribution in [2.24, 2.45) is 5.73 Å². The van der Waals surface area contributed by atoms with Crippen molar-refractivity contribution in [1.82, 2.24) is 15.1 Å². The Morgan fingerprint density at radius 2 is 1.88 bits per heavy atom. The lowest BCUT2D eigenvalue weighted by Crippen LogP contribution is -2.36. The summed E-state index contributed by atoms with van der Waals surface area (Å²) >= 11 is 0. The fraction of sp³-hybridized carbons (Fsp3) is 0.250. The van der Waals surface area contributed by atoms with Gasteiger partial charge in [-0.3, -0.25) is 19.1 Å². The molecule has 2 rings (SSSR count). The number of rotatable bonds is 7. The van der Waals surface area contributed by atoms with Crippen LogP contribution in [0.5, 0.6) is 0 Å². The van der Waals surface area contributed by atoms with Crippen LogP contribution in [0.15, 0.2) is 42.7 Å². The van der Waals surface area contributed by atoms with Crippen LogP contribution in [0.4, 0.5) is 11.4 Å². The lowest BCUT2D eigenvalue weighted by atomic mass is 10.2. The average molecular weight is 344 g/mol. The molecule has 0 aliphatic rings. The van der Waals surface area contributed by atoms with Crippen LogP contribution in [0.3, 0.4) is 0 Å². The molecule has 5 N–H and O–H groups in total. The van der Waals surface area contributed by atoms with Crippen LogP contribution < -0.4 is 21.7 Å². The molecule has 3 amide bonds. The maximum Gasteiger partial charge on any atom is 0.248 e. The van der Waals surface area contributed by atoms with Gasteiger partial charge in [-0.05, 0) is 31.2 Å². The summed E-state index contributed by atoms with van der Waals surface area (Å²) in [6.45, 7) is 1.38. The van der Waals surface area contributed by atoms with Crippen molar-refractivity contribution >= 4 is 29.1 Å². The summed E-state index contributed by atoms with van der Waals surface area (Å²) in [5.41, 5.74) is 6.18. The highest BCUT2D eigenvalue weighted by atomic mass is 16.2. The number of carbonyl (C=O) groups is 3. The fourth-order valence-electron chi connectivity index (χ4n) is 2.01. The highest BCUT2D eigenvalue weighted by Gasteiger charge is 2.15. The van der Waals surface area contributed by atoms with Crippen LogP contribution in [0, 0.1) is 0 Å². The van der Waals surface area contributed by atoms with Crippen molar-refractivity contribution < 1.29 is 14.4 Å². The molecule has 2 aromatic rings. The molecule has 1 atom stereocenters. The van der Waals surface area contributed by atoms with Gasteiger partial charge < -0.3 is 21.7 Å². The third-order valence-corrected chi connectivity index (χ3v) is 3.35. The summed E-state index contributed by atoms with van der Waals surface area (Å²) in [4.78, 5) is 35.0. The van der Waals surface area contributed by atoms with Gasteiger partial charge >= 0.3 is 0 Å². The van der Waals surface area contributed by atoms with Crippen LogP contribution in [0.25, 0.3) is 0 Å². The van der Waals surface area contributed by atoms with Crippen molar-refractivity contribution in [2.45, 2.75) is 13.0 Å². The van der Waals surface area contributed by atoms with E-state index in [4.69, 9.17) is 5.73 Å². The third kappa shape index (κ3) is 5.43. The van der Waals surface area contributed by atoms with Crippen LogP contribution in [-0.2, 0) is 14.4 Å². The second-order valence-electron chi connectivity index (χ2n) is 5.26. The average Bonchev–Trinajstić information content (AvgIpc) is 3.13. The number of benzene rings is 1. The van der Waals surface area contributed by atoms with Crippen LogP contribution in [0.2, 0.25) is 0 Å². The van der Waals surface area contributed by atoms with Gasteiger partial charge in [0.2, 0.25) is 17.7 Å². The molecule has 132 valence electrons. The molecule has 9 nitrogen and oxygen atoms in total. The van der Waals surface area contributed by atoms with Crippen molar-refractivity contribution in [3.63, 3.8) is 0 Å². The summed E-state index contributed by atoms with van der Waals surface area (Å²) in [5, 5.41) is 11.8. The monoisotopic (exact) mass is 344 g/mol. The number of carbonyl (C=O) groups excluding carboxylic acids is 3.